The molecule has 0 fully saturated rings. The van der Waals surface area contributed by atoms with Crippen LogP contribution in [0.2, 0.25) is 0 Å². The highest BCUT2D eigenvalue weighted by Crippen LogP contribution is 2.25. The minimum atomic E-state index is -0.231. The molecule has 0 saturated heterocycles. The Balaban J connectivity index is 2.00. The average molecular weight is 275 g/mol. The molecule has 2 heterocycles. The van der Waals surface area contributed by atoms with E-state index < -0.39 is 0 Å². The van der Waals surface area contributed by atoms with Gasteiger partial charge in [-0.1, -0.05) is 26.0 Å². The molecule has 0 spiro atoms. The van der Waals surface area contributed by atoms with Crippen molar-refractivity contribution < 1.29 is 4.79 Å². The zero-order valence-electron chi connectivity index (χ0n) is 11.0. The molecular weight excluding hydrogens is 258 g/mol. The number of carbonyl (C=O) groups is 1. The molecule has 2 amide bonds. The molecule has 0 aromatic carbocycles. The lowest BCUT2D eigenvalue weighted by Gasteiger charge is -2.21. The van der Waals surface area contributed by atoms with Gasteiger partial charge in [-0.05, 0) is 29.5 Å². The van der Waals surface area contributed by atoms with Gasteiger partial charge in [-0.25, -0.2) is 9.78 Å². The van der Waals surface area contributed by atoms with Gasteiger partial charge in [-0.3, -0.25) is 5.32 Å². The minimum absolute atomic E-state index is 0.0173. The first-order chi connectivity index (χ1) is 9.16. The second-order valence-electron chi connectivity index (χ2n) is 4.55. The summed E-state index contributed by atoms with van der Waals surface area (Å²) in [5.74, 6) is 0.877. The Hall–Kier alpha value is -1.88. The summed E-state index contributed by atoms with van der Waals surface area (Å²) >= 11 is 1.65. The molecule has 100 valence electrons. The van der Waals surface area contributed by atoms with E-state index in [1.807, 2.05) is 29.6 Å². The van der Waals surface area contributed by atoms with Crippen LogP contribution < -0.4 is 10.6 Å². The zero-order chi connectivity index (χ0) is 13.7. The largest absolute Gasteiger partial charge is 0.330 e. The molecule has 19 heavy (non-hydrogen) atoms. The van der Waals surface area contributed by atoms with Gasteiger partial charge in [0.05, 0.1) is 6.04 Å². The SMILES string of the molecule is CC(C)C(NC(=O)Nc1ccccn1)c1cccs1. The number of hydrogen-bond acceptors (Lipinski definition) is 3. The first-order valence-corrected chi connectivity index (χ1v) is 7.06. The van der Waals surface area contributed by atoms with Crippen LogP contribution in [0.5, 0.6) is 0 Å². The summed E-state index contributed by atoms with van der Waals surface area (Å²) < 4.78 is 0. The molecular formula is C14H17N3OS. The van der Waals surface area contributed by atoms with E-state index >= 15 is 0 Å². The Morgan fingerprint density at radius 2 is 2.11 bits per heavy atom. The molecule has 0 aliphatic carbocycles. The van der Waals surface area contributed by atoms with Crippen molar-refractivity contribution in [1.82, 2.24) is 10.3 Å². The van der Waals surface area contributed by atoms with Crippen molar-refractivity contribution in [2.75, 3.05) is 5.32 Å². The predicted molar refractivity (Wildman–Crippen MR) is 78.3 cm³/mol. The van der Waals surface area contributed by atoms with Crippen molar-refractivity contribution in [1.29, 1.82) is 0 Å². The van der Waals surface area contributed by atoms with Gasteiger partial charge in [-0.2, -0.15) is 0 Å². The summed E-state index contributed by atoms with van der Waals surface area (Å²) in [7, 11) is 0. The zero-order valence-corrected chi connectivity index (χ0v) is 11.8. The Bertz CT molecular complexity index is 511. The Morgan fingerprint density at radius 3 is 2.68 bits per heavy atom. The molecule has 0 bridgehead atoms. The number of urea groups is 1. The summed E-state index contributed by atoms with van der Waals surface area (Å²) in [4.78, 5) is 17.2. The third-order valence-corrected chi connectivity index (χ3v) is 3.66. The predicted octanol–water partition coefficient (Wildman–Crippen LogP) is 3.66. The number of amides is 2. The maximum atomic E-state index is 12.0. The quantitative estimate of drug-likeness (QED) is 0.894. The normalized spacial score (nSPS) is 12.2. The molecule has 0 aliphatic heterocycles. The lowest BCUT2D eigenvalue weighted by atomic mass is 10.0. The third-order valence-electron chi connectivity index (χ3n) is 2.71. The van der Waals surface area contributed by atoms with Gasteiger partial charge >= 0.3 is 6.03 Å². The molecule has 2 rings (SSSR count). The van der Waals surface area contributed by atoms with Crippen molar-refractivity contribution in [2.45, 2.75) is 19.9 Å². The van der Waals surface area contributed by atoms with Crippen LogP contribution in [0.1, 0.15) is 24.8 Å². The van der Waals surface area contributed by atoms with Gasteiger partial charge in [0.15, 0.2) is 0 Å². The monoisotopic (exact) mass is 275 g/mol. The first kappa shape index (κ1) is 13.5. The number of nitrogens with one attached hydrogen (secondary N) is 2. The summed E-state index contributed by atoms with van der Waals surface area (Å²) in [5.41, 5.74) is 0. The molecule has 2 aromatic heterocycles. The van der Waals surface area contributed by atoms with E-state index in [2.05, 4.69) is 29.5 Å². The number of rotatable bonds is 4. The Morgan fingerprint density at radius 1 is 1.26 bits per heavy atom. The summed E-state index contributed by atoms with van der Waals surface area (Å²) in [6, 6.07) is 9.22. The highest BCUT2D eigenvalue weighted by atomic mass is 32.1. The lowest BCUT2D eigenvalue weighted by molar-refractivity contribution is 0.245. The van der Waals surface area contributed by atoms with Crippen molar-refractivity contribution in [3.8, 4) is 0 Å². The molecule has 0 radical (unpaired) electrons. The number of hydrogen-bond donors (Lipinski definition) is 2. The van der Waals surface area contributed by atoms with E-state index in [9.17, 15) is 4.79 Å². The fourth-order valence-electron chi connectivity index (χ4n) is 1.76. The summed E-state index contributed by atoms with van der Waals surface area (Å²) in [6.07, 6.45) is 1.65. The molecule has 5 heteroatoms. The number of aromatic nitrogens is 1. The second-order valence-corrected chi connectivity index (χ2v) is 5.53. The van der Waals surface area contributed by atoms with Gasteiger partial charge in [0.1, 0.15) is 5.82 Å². The smallest absolute Gasteiger partial charge is 0.320 e. The van der Waals surface area contributed by atoms with Crippen molar-refractivity contribution in [3.63, 3.8) is 0 Å². The number of carbonyl (C=O) groups excluding carboxylic acids is 1. The first-order valence-electron chi connectivity index (χ1n) is 6.19. The lowest BCUT2D eigenvalue weighted by Crippen LogP contribution is -2.34. The molecule has 1 unspecified atom stereocenters. The van der Waals surface area contributed by atoms with Crippen molar-refractivity contribution >= 4 is 23.2 Å². The van der Waals surface area contributed by atoms with Crippen LogP contribution in [0.15, 0.2) is 41.9 Å². The fraction of sp³-hybridized carbons (Fsp3) is 0.286. The van der Waals surface area contributed by atoms with Crippen LogP contribution in [-0.4, -0.2) is 11.0 Å². The van der Waals surface area contributed by atoms with E-state index in [1.54, 1.807) is 23.6 Å². The van der Waals surface area contributed by atoms with Crippen molar-refractivity contribution in [2.24, 2.45) is 5.92 Å². The van der Waals surface area contributed by atoms with Crippen LogP contribution >= 0.6 is 11.3 Å². The molecule has 2 aromatic rings. The number of nitrogens with zero attached hydrogens (tertiary/aromatic N) is 1. The maximum Gasteiger partial charge on any atom is 0.320 e. The molecule has 1 atom stereocenters. The van der Waals surface area contributed by atoms with Crippen molar-refractivity contribution in [3.05, 3.63) is 46.8 Å². The molecule has 4 nitrogen and oxygen atoms in total. The molecule has 2 N–H and O–H groups in total. The van der Waals surface area contributed by atoms with E-state index in [-0.39, 0.29) is 12.1 Å². The van der Waals surface area contributed by atoms with E-state index in [0.29, 0.717) is 11.7 Å². The van der Waals surface area contributed by atoms with Crippen LogP contribution in [0, 0.1) is 5.92 Å². The van der Waals surface area contributed by atoms with E-state index in [0.717, 1.165) is 4.88 Å². The van der Waals surface area contributed by atoms with Gasteiger partial charge in [0.2, 0.25) is 0 Å². The van der Waals surface area contributed by atoms with Crippen LogP contribution in [0.25, 0.3) is 0 Å². The van der Waals surface area contributed by atoms with Gasteiger partial charge in [0.25, 0.3) is 0 Å². The highest BCUT2D eigenvalue weighted by Gasteiger charge is 2.19. The minimum Gasteiger partial charge on any atom is -0.330 e. The second kappa shape index (κ2) is 6.33. The molecule has 0 aliphatic rings. The highest BCUT2D eigenvalue weighted by molar-refractivity contribution is 7.10. The summed E-state index contributed by atoms with van der Waals surface area (Å²) in [5, 5.41) is 7.74. The number of thiophene rings is 1. The van der Waals surface area contributed by atoms with E-state index in [4.69, 9.17) is 0 Å². The Labute approximate surface area is 116 Å². The fourth-order valence-corrected chi connectivity index (χ4v) is 2.71. The van der Waals surface area contributed by atoms with Crippen LogP contribution in [-0.2, 0) is 0 Å². The van der Waals surface area contributed by atoms with Crippen LogP contribution in [0.4, 0.5) is 10.6 Å². The Kier molecular flexibility index (Phi) is 4.52. The average Bonchev–Trinajstić information content (AvgIpc) is 2.90. The van der Waals surface area contributed by atoms with Gasteiger partial charge in [-0.15, -0.1) is 11.3 Å². The van der Waals surface area contributed by atoms with Crippen LogP contribution in [0.3, 0.4) is 0 Å². The topological polar surface area (TPSA) is 54.0 Å². The summed E-state index contributed by atoms with van der Waals surface area (Å²) in [6.45, 7) is 4.18. The third kappa shape index (κ3) is 3.79. The van der Waals surface area contributed by atoms with Gasteiger partial charge < -0.3 is 5.32 Å². The number of anilines is 1. The standard InChI is InChI=1S/C14H17N3OS/c1-10(2)13(11-6-5-9-19-11)17-14(18)16-12-7-3-4-8-15-12/h3-10,13H,1-2H3,(H2,15,16,17,18). The number of pyridine rings is 1. The van der Waals surface area contributed by atoms with Gasteiger partial charge in [0, 0.05) is 11.1 Å². The maximum absolute atomic E-state index is 12.0. The van der Waals surface area contributed by atoms with E-state index in [1.165, 1.54) is 0 Å². The molecule has 0 saturated carbocycles.